The van der Waals surface area contributed by atoms with Crippen LogP contribution in [0.1, 0.15) is 13.8 Å². The Hall–Kier alpha value is -2.37. The van der Waals surface area contributed by atoms with Crippen molar-refractivity contribution in [3.05, 3.63) is 103 Å². The van der Waals surface area contributed by atoms with Crippen molar-refractivity contribution in [1.82, 2.24) is 0 Å². The van der Waals surface area contributed by atoms with Gasteiger partial charge in [-0.05, 0) is 5.92 Å². The van der Waals surface area contributed by atoms with Crippen LogP contribution in [0.3, 0.4) is 0 Å². The maximum Gasteiger partial charge on any atom is 0.0604 e. The molecule has 3 aromatic carbocycles. The summed E-state index contributed by atoms with van der Waals surface area (Å²) in [6, 6.07) is 32.1. The van der Waals surface area contributed by atoms with Crippen molar-refractivity contribution in [3.63, 3.8) is 0 Å². The van der Waals surface area contributed by atoms with E-state index in [0.29, 0.717) is 5.92 Å². The molecule has 0 N–H and O–H groups in total. The van der Waals surface area contributed by atoms with Gasteiger partial charge in [-0.25, -0.2) is 0 Å². The molecule has 0 saturated heterocycles. The normalized spacial score (nSPS) is 11.8. The van der Waals surface area contributed by atoms with Gasteiger partial charge < -0.3 is 0 Å². The highest BCUT2D eigenvalue weighted by Gasteiger charge is 2.26. The predicted molar refractivity (Wildman–Crippen MR) is 112 cm³/mol. The van der Waals surface area contributed by atoms with Gasteiger partial charge in [0.05, 0.1) is 7.05 Å². The molecule has 0 radical (unpaired) electrons. The Bertz CT molecular complexity index is 762. The van der Waals surface area contributed by atoms with Gasteiger partial charge >= 0.3 is 0 Å². The molecule has 0 unspecified atom stereocenters. The zero-order chi connectivity index (χ0) is 17.5. The van der Waals surface area contributed by atoms with Gasteiger partial charge in [0, 0.05) is 22.1 Å². The average molecular weight is 345 g/mol. The maximum atomic E-state index is 5.24. The summed E-state index contributed by atoms with van der Waals surface area (Å²) in [5, 5.41) is 3.84. The van der Waals surface area contributed by atoms with Gasteiger partial charge in [0.1, 0.15) is 0 Å². The van der Waals surface area contributed by atoms with Gasteiger partial charge in [-0.2, -0.15) is 0 Å². The third-order valence-electron chi connectivity index (χ3n) is 4.10. The SMILES string of the molecule is CC(C)/C=C\N=P(c1ccccc1)(c1ccccc1)c1ccccc1. The summed E-state index contributed by atoms with van der Waals surface area (Å²) in [5.74, 6) is 0.480. The van der Waals surface area contributed by atoms with Crippen molar-refractivity contribution in [2.45, 2.75) is 13.8 Å². The number of benzene rings is 3. The van der Waals surface area contributed by atoms with E-state index in [1.807, 2.05) is 6.20 Å². The minimum atomic E-state index is -2.07. The summed E-state index contributed by atoms with van der Waals surface area (Å²) in [7, 11) is -2.07. The van der Waals surface area contributed by atoms with Gasteiger partial charge in [0.25, 0.3) is 0 Å². The number of rotatable bonds is 5. The Morgan fingerprint density at radius 2 is 1.00 bits per heavy atom. The van der Waals surface area contributed by atoms with Gasteiger partial charge in [0.2, 0.25) is 0 Å². The van der Waals surface area contributed by atoms with Crippen LogP contribution in [-0.4, -0.2) is 0 Å². The first kappa shape index (κ1) is 17.5. The molecule has 126 valence electrons. The van der Waals surface area contributed by atoms with E-state index in [4.69, 9.17) is 4.74 Å². The van der Waals surface area contributed by atoms with Gasteiger partial charge in [-0.1, -0.05) is 111 Å². The first-order valence-corrected chi connectivity index (χ1v) is 10.4. The van der Waals surface area contributed by atoms with E-state index < -0.39 is 7.05 Å². The largest absolute Gasteiger partial charge is 0.262 e. The molecule has 0 atom stereocenters. The van der Waals surface area contributed by atoms with Crippen molar-refractivity contribution in [3.8, 4) is 0 Å². The van der Waals surface area contributed by atoms with E-state index in [-0.39, 0.29) is 0 Å². The molecule has 0 saturated carbocycles. The highest BCUT2D eigenvalue weighted by Crippen LogP contribution is 2.46. The molecule has 0 aliphatic heterocycles. The monoisotopic (exact) mass is 345 g/mol. The van der Waals surface area contributed by atoms with Crippen LogP contribution in [0.4, 0.5) is 0 Å². The fourth-order valence-electron chi connectivity index (χ4n) is 2.89. The van der Waals surface area contributed by atoms with Crippen LogP contribution in [0.2, 0.25) is 0 Å². The lowest BCUT2D eigenvalue weighted by Crippen LogP contribution is -2.25. The molecule has 0 bridgehead atoms. The molecule has 25 heavy (non-hydrogen) atoms. The van der Waals surface area contributed by atoms with Crippen molar-refractivity contribution < 1.29 is 0 Å². The highest BCUT2D eigenvalue weighted by molar-refractivity contribution is 7.87. The molecular weight excluding hydrogens is 321 g/mol. The van der Waals surface area contributed by atoms with Crippen LogP contribution in [0.15, 0.2) is 108 Å². The third kappa shape index (κ3) is 3.83. The Kier molecular flexibility index (Phi) is 5.68. The van der Waals surface area contributed by atoms with Crippen molar-refractivity contribution >= 4 is 23.0 Å². The molecule has 0 fully saturated rings. The van der Waals surface area contributed by atoms with Crippen molar-refractivity contribution in [2.75, 3.05) is 0 Å². The number of allylic oxidation sites excluding steroid dienone is 1. The van der Waals surface area contributed by atoms with Crippen molar-refractivity contribution in [2.24, 2.45) is 10.7 Å². The van der Waals surface area contributed by atoms with E-state index in [0.717, 1.165) is 0 Å². The highest BCUT2D eigenvalue weighted by atomic mass is 31.2. The Morgan fingerprint density at radius 1 is 0.640 bits per heavy atom. The lowest BCUT2D eigenvalue weighted by Gasteiger charge is -2.26. The zero-order valence-electron chi connectivity index (χ0n) is 14.8. The van der Waals surface area contributed by atoms with Crippen LogP contribution < -0.4 is 15.9 Å². The van der Waals surface area contributed by atoms with Gasteiger partial charge in [0.15, 0.2) is 0 Å². The van der Waals surface area contributed by atoms with Crippen LogP contribution in [0, 0.1) is 5.92 Å². The third-order valence-corrected chi connectivity index (χ3v) is 7.72. The molecule has 0 amide bonds. The molecule has 0 aromatic heterocycles. The summed E-state index contributed by atoms with van der Waals surface area (Å²) in [6.07, 6.45) is 4.19. The quantitative estimate of drug-likeness (QED) is 0.554. The van der Waals surface area contributed by atoms with Crippen LogP contribution in [-0.2, 0) is 0 Å². The second-order valence-corrected chi connectivity index (χ2v) is 9.39. The second kappa shape index (κ2) is 8.14. The fourth-order valence-corrected chi connectivity index (χ4v) is 6.27. The lowest BCUT2D eigenvalue weighted by molar-refractivity contribution is 0.829. The Labute approximate surface area is 151 Å². The fraction of sp³-hybridized carbons (Fsp3) is 0.130. The standard InChI is InChI=1S/C23H24NP/c1-20(2)18-19-24-25(21-12-6-3-7-13-21,22-14-8-4-9-15-22)23-16-10-5-11-17-23/h3-20H,1-2H3/b19-18-. The molecule has 0 aliphatic rings. The van der Waals surface area contributed by atoms with Crippen LogP contribution in [0.5, 0.6) is 0 Å². The van der Waals surface area contributed by atoms with E-state index in [1.54, 1.807) is 0 Å². The molecule has 3 aromatic rings. The van der Waals surface area contributed by atoms with E-state index >= 15 is 0 Å². The molecular formula is C23H24NP. The average Bonchev–Trinajstić information content (AvgIpc) is 2.67. The lowest BCUT2D eigenvalue weighted by atomic mass is 10.2. The van der Waals surface area contributed by atoms with E-state index in [1.165, 1.54) is 15.9 Å². The number of nitrogens with zero attached hydrogens (tertiary/aromatic N) is 1. The first-order chi connectivity index (χ1) is 12.2. The first-order valence-electron chi connectivity index (χ1n) is 8.68. The minimum absolute atomic E-state index is 0.480. The maximum absolute atomic E-state index is 5.24. The number of hydrogen-bond acceptors (Lipinski definition) is 1. The molecule has 2 heteroatoms. The molecule has 3 rings (SSSR count). The number of hydrogen-bond donors (Lipinski definition) is 0. The van der Waals surface area contributed by atoms with Gasteiger partial charge in [-0.15, -0.1) is 0 Å². The topological polar surface area (TPSA) is 12.4 Å². The zero-order valence-corrected chi connectivity index (χ0v) is 15.7. The van der Waals surface area contributed by atoms with E-state index in [9.17, 15) is 0 Å². The minimum Gasteiger partial charge on any atom is -0.262 e. The molecule has 0 aliphatic carbocycles. The molecule has 0 heterocycles. The Morgan fingerprint density at radius 3 is 1.32 bits per heavy atom. The molecule has 1 nitrogen and oxygen atoms in total. The summed E-state index contributed by atoms with van der Waals surface area (Å²) in [5.41, 5.74) is 0. The van der Waals surface area contributed by atoms with E-state index in [2.05, 4.69) is 111 Å². The van der Waals surface area contributed by atoms with Crippen LogP contribution >= 0.6 is 7.05 Å². The van der Waals surface area contributed by atoms with Gasteiger partial charge in [-0.3, -0.25) is 4.74 Å². The summed E-state index contributed by atoms with van der Waals surface area (Å²) in [6.45, 7) is 4.36. The summed E-state index contributed by atoms with van der Waals surface area (Å²) < 4.78 is 5.24. The smallest absolute Gasteiger partial charge is 0.0604 e. The summed E-state index contributed by atoms with van der Waals surface area (Å²) >= 11 is 0. The summed E-state index contributed by atoms with van der Waals surface area (Å²) in [4.78, 5) is 0. The van der Waals surface area contributed by atoms with Crippen LogP contribution in [0.25, 0.3) is 0 Å². The second-order valence-electron chi connectivity index (χ2n) is 6.34. The predicted octanol–water partition coefficient (Wildman–Crippen LogP) is 5.33. The molecule has 0 spiro atoms. The van der Waals surface area contributed by atoms with Crippen molar-refractivity contribution in [1.29, 1.82) is 0 Å². The Balaban J connectivity index is 2.36.